The molecule has 2 N–H and O–H groups in total. The van der Waals surface area contributed by atoms with Gasteiger partial charge in [-0.25, -0.2) is 0 Å². The topological polar surface area (TPSA) is 69.4 Å². The summed E-state index contributed by atoms with van der Waals surface area (Å²) in [4.78, 5) is 22.8. The van der Waals surface area contributed by atoms with Crippen LogP contribution >= 0.6 is 0 Å². The molecule has 2 rings (SSSR count). The van der Waals surface area contributed by atoms with E-state index in [0.717, 1.165) is 11.1 Å². The third kappa shape index (κ3) is 4.54. The Morgan fingerprint density at radius 1 is 1.09 bits per heavy atom. The first-order valence-corrected chi connectivity index (χ1v) is 7.27. The SMILES string of the molecule is Cc1cccc(/C=C/C(=O)c2ccc(OCC(N)=O)cc2)c1C. The lowest BCUT2D eigenvalue weighted by molar-refractivity contribution is -0.119. The number of primary amides is 1. The van der Waals surface area contributed by atoms with Gasteiger partial charge in [0.2, 0.25) is 0 Å². The van der Waals surface area contributed by atoms with E-state index in [1.54, 1.807) is 30.3 Å². The molecule has 0 aliphatic heterocycles. The Morgan fingerprint density at radius 3 is 2.43 bits per heavy atom. The Bertz CT molecular complexity index is 746. The van der Waals surface area contributed by atoms with Gasteiger partial charge in [-0.2, -0.15) is 0 Å². The lowest BCUT2D eigenvalue weighted by Gasteiger charge is -2.05. The van der Waals surface area contributed by atoms with E-state index in [9.17, 15) is 9.59 Å². The molecule has 0 bridgehead atoms. The average molecular weight is 309 g/mol. The highest BCUT2D eigenvalue weighted by atomic mass is 16.5. The van der Waals surface area contributed by atoms with Crippen molar-refractivity contribution in [2.45, 2.75) is 13.8 Å². The Labute approximate surface area is 135 Å². The third-order valence-electron chi connectivity index (χ3n) is 3.58. The number of hydrogen-bond donors (Lipinski definition) is 1. The molecule has 0 atom stereocenters. The number of aryl methyl sites for hydroxylation is 1. The van der Waals surface area contributed by atoms with E-state index in [2.05, 4.69) is 0 Å². The molecular formula is C19H19NO3. The zero-order valence-electron chi connectivity index (χ0n) is 13.2. The number of ketones is 1. The van der Waals surface area contributed by atoms with E-state index in [1.165, 1.54) is 5.56 Å². The summed E-state index contributed by atoms with van der Waals surface area (Å²) in [5.74, 6) is -0.132. The van der Waals surface area contributed by atoms with Crippen molar-refractivity contribution >= 4 is 17.8 Å². The minimum Gasteiger partial charge on any atom is -0.484 e. The fraction of sp³-hybridized carbons (Fsp3) is 0.158. The van der Waals surface area contributed by atoms with E-state index >= 15 is 0 Å². The Kier molecular flexibility index (Phi) is 5.31. The number of carbonyl (C=O) groups excluding carboxylic acids is 2. The molecular weight excluding hydrogens is 290 g/mol. The van der Waals surface area contributed by atoms with Crippen LogP contribution in [0.2, 0.25) is 0 Å². The molecule has 0 saturated heterocycles. The number of allylic oxidation sites excluding steroid dienone is 1. The minimum atomic E-state index is -0.540. The molecule has 118 valence electrons. The Balaban J connectivity index is 2.07. The van der Waals surface area contributed by atoms with E-state index < -0.39 is 5.91 Å². The fourth-order valence-electron chi connectivity index (χ4n) is 2.09. The first-order valence-electron chi connectivity index (χ1n) is 7.27. The van der Waals surface area contributed by atoms with Crippen LogP contribution in [0.3, 0.4) is 0 Å². The van der Waals surface area contributed by atoms with Crippen LogP contribution in [-0.2, 0) is 4.79 Å². The van der Waals surface area contributed by atoms with E-state index in [1.807, 2.05) is 38.1 Å². The summed E-state index contributed by atoms with van der Waals surface area (Å²) in [7, 11) is 0. The van der Waals surface area contributed by atoms with Crippen LogP contribution in [0.15, 0.2) is 48.5 Å². The number of hydrogen-bond acceptors (Lipinski definition) is 3. The van der Waals surface area contributed by atoms with Gasteiger partial charge in [0.15, 0.2) is 12.4 Å². The first kappa shape index (κ1) is 16.5. The molecule has 0 aromatic heterocycles. The summed E-state index contributed by atoms with van der Waals surface area (Å²) in [6.07, 6.45) is 3.38. The number of nitrogens with two attached hydrogens (primary N) is 1. The van der Waals surface area contributed by atoms with Crippen LogP contribution in [0.1, 0.15) is 27.0 Å². The summed E-state index contributed by atoms with van der Waals surface area (Å²) < 4.78 is 5.16. The van der Waals surface area contributed by atoms with Crippen LogP contribution < -0.4 is 10.5 Å². The van der Waals surface area contributed by atoms with Gasteiger partial charge in [-0.05, 0) is 60.9 Å². The zero-order valence-corrected chi connectivity index (χ0v) is 13.2. The molecule has 2 aromatic rings. The molecule has 0 saturated carbocycles. The molecule has 23 heavy (non-hydrogen) atoms. The van der Waals surface area contributed by atoms with Crippen molar-refractivity contribution in [2.75, 3.05) is 6.61 Å². The van der Waals surface area contributed by atoms with Crippen molar-refractivity contribution in [1.82, 2.24) is 0 Å². The van der Waals surface area contributed by atoms with Gasteiger partial charge in [-0.3, -0.25) is 9.59 Å². The Morgan fingerprint density at radius 2 is 1.78 bits per heavy atom. The second kappa shape index (κ2) is 7.40. The maximum Gasteiger partial charge on any atom is 0.255 e. The molecule has 0 fully saturated rings. The molecule has 0 unspecified atom stereocenters. The van der Waals surface area contributed by atoms with Crippen molar-refractivity contribution in [1.29, 1.82) is 0 Å². The predicted octanol–water partition coefficient (Wildman–Crippen LogP) is 3.06. The highest BCUT2D eigenvalue weighted by Gasteiger charge is 2.04. The summed E-state index contributed by atoms with van der Waals surface area (Å²) in [6, 6.07) is 12.6. The molecule has 0 aliphatic carbocycles. The van der Waals surface area contributed by atoms with Gasteiger partial charge in [0, 0.05) is 5.56 Å². The van der Waals surface area contributed by atoms with Crippen molar-refractivity contribution in [3.8, 4) is 5.75 Å². The number of ether oxygens (including phenoxy) is 1. The van der Waals surface area contributed by atoms with Crippen LogP contribution in [0, 0.1) is 13.8 Å². The van der Waals surface area contributed by atoms with Crippen molar-refractivity contribution in [3.63, 3.8) is 0 Å². The lowest BCUT2D eigenvalue weighted by Crippen LogP contribution is -2.19. The largest absolute Gasteiger partial charge is 0.484 e. The van der Waals surface area contributed by atoms with Gasteiger partial charge < -0.3 is 10.5 Å². The van der Waals surface area contributed by atoms with Crippen molar-refractivity contribution in [3.05, 3.63) is 70.8 Å². The highest BCUT2D eigenvalue weighted by molar-refractivity contribution is 6.06. The summed E-state index contributed by atoms with van der Waals surface area (Å²) >= 11 is 0. The molecule has 4 nitrogen and oxygen atoms in total. The van der Waals surface area contributed by atoms with Gasteiger partial charge in [0.1, 0.15) is 5.75 Å². The minimum absolute atomic E-state index is 0.0904. The molecule has 0 radical (unpaired) electrons. The van der Waals surface area contributed by atoms with E-state index in [0.29, 0.717) is 11.3 Å². The van der Waals surface area contributed by atoms with Crippen molar-refractivity contribution in [2.24, 2.45) is 5.73 Å². The smallest absolute Gasteiger partial charge is 0.255 e. The van der Waals surface area contributed by atoms with Gasteiger partial charge in [0.25, 0.3) is 5.91 Å². The summed E-state index contributed by atoms with van der Waals surface area (Å²) in [6.45, 7) is 3.89. The first-order chi connectivity index (χ1) is 11.0. The molecule has 0 spiro atoms. The molecule has 0 aliphatic rings. The van der Waals surface area contributed by atoms with Crippen LogP contribution in [0.25, 0.3) is 6.08 Å². The standard InChI is InChI=1S/C19H19NO3/c1-13-4-3-5-15(14(13)2)8-11-18(21)16-6-9-17(10-7-16)23-12-19(20)22/h3-11H,12H2,1-2H3,(H2,20,22)/b11-8+. The number of benzene rings is 2. The summed E-state index contributed by atoms with van der Waals surface area (Å²) in [5, 5.41) is 0. The predicted molar refractivity (Wildman–Crippen MR) is 90.4 cm³/mol. The van der Waals surface area contributed by atoms with Gasteiger partial charge >= 0.3 is 0 Å². The fourth-order valence-corrected chi connectivity index (χ4v) is 2.09. The second-order valence-corrected chi connectivity index (χ2v) is 5.27. The maximum absolute atomic E-state index is 12.2. The van der Waals surface area contributed by atoms with Gasteiger partial charge in [-0.1, -0.05) is 24.3 Å². The molecule has 4 heteroatoms. The molecule has 1 amide bonds. The quantitative estimate of drug-likeness (QED) is 0.658. The number of carbonyl (C=O) groups is 2. The van der Waals surface area contributed by atoms with Crippen molar-refractivity contribution < 1.29 is 14.3 Å². The normalized spacial score (nSPS) is 10.7. The summed E-state index contributed by atoms with van der Waals surface area (Å²) in [5.41, 5.74) is 8.94. The third-order valence-corrected chi connectivity index (χ3v) is 3.58. The van der Waals surface area contributed by atoms with Crippen LogP contribution in [0.4, 0.5) is 0 Å². The van der Waals surface area contributed by atoms with Crippen LogP contribution in [-0.4, -0.2) is 18.3 Å². The molecule has 2 aromatic carbocycles. The number of rotatable bonds is 6. The zero-order chi connectivity index (χ0) is 16.8. The molecule has 0 heterocycles. The van der Waals surface area contributed by atoms with Crippen LogP contribution in [0.5, 0.6) is 5.75 Å². The number of amides is 1. The second-order valence-electron chi connectivity index (χ2n) is 5.27. The van der Waals surface area contributed by atoms with Gasteiger partial charge in [-0.15, -0.1) is 0 Å². The Hall–Kier alpha value is -2.88. The maximum atomic E-state index is 12.2. The average Bonchev–Trinajstić information content (AvgIpc) is 2.54. The highest BCUT2D eigenvalue weighted by Crippen LogP contribution is 2.16. The lowest BCUT2D eigenvalue weighted by atomic mass is 10.0. The van der Waals surface area contributed by atoms with E-state index in [-0.39, 0.29) is 12.4 Å². The monoisotopic (exact) mass is 309 g/mol. The van der Waals surface area contributed by atoms with E-state index in [4.69, 9.17) is 10.5 Å². The van der Waals surface area contributed by atoms with Gasteiger partial charge in [0.05, 0.1) is 0 Å².